The minimum Gasteiger partial charge on any atom is -0.291 e. The Labute approximate surface area is 79.2 Å². The first-order valence-electron chi connectivity index (χ1n) is 3.37. The lowest BCUT2D eigenvalue weighted by atomic mass is 10.3. The maximum Gasteiger partial charge on any atom is 0.177 e. The second-order valence-electron chi connectivity index (χ2n) is 2.43. The van der Waals surface area contributed by atoms with Gasteiger partial charge in [0.2, 0.25) is 0 Å². The van der Waals surface area contributed by atoms with Crippen LogP contribution in [0.4, 0.5) is 5.69 Å². The van der Waals surface area contributed by atoms with Crippen LogP contribution in [0, 0.1) is 0 Å². The van der Waals surface area contributed by atoms with E-state index in [4.69, 9.17) is 0 Å². The van der Waals surface area contributed by atoms with Crippen molar-refractivity contribution < 1.29 is 4.79 Å². The van der Waals surface area contributed by atoms with Crippen molar-refractivity contribution in [1.82, 2.24) is 0 Å². The maximum absolute atomic E-state index is 10.8. The van der Waals surface area contributed by atoms with E-state index in [0.717, 1.165) is 16.2 Å². The zero-order valence-corrected chi connectivity index (χ0v) is 8.51. The Morgan fingerprint density at radius 3 is 2.92 bits per heavy atom. The molecule has 1 aromatic rings. The number of hydrogen-bond donors (Lipinski definition) is 0. The number of para-hydroxylation sites is 1. The molecule has 4 heteroatoms. The summed E-state index contributed by atoms with van der Waals surface area (Å²) in [7, 11) is -1.56. The van der Waals surface area contributed by atoms with E-state index in [1.165, 1.54) is 0 Å². The van der Waals surface area contributed by atoms with Gasteiger partial charge in [-0.15, -0.1) is 0 Å². The van der Waals surface area contributed by atoms with Gasteiger partial charge in [0, 0.05) is 4.90 Å². The second kappa shape index (κ2) is 2.71. The van der Waals surface area contributed by atoms with Crippen LogP contribution >= 0.6 is 23.3 Å². The largest absolute Gasteiger partial charge is 0.291 e. The van der Waals surface area contributed by atoms with Crippen LogP contribution in [-0.2, 0) is 4.79 Å². The summed E-state index contributed by atoms with van der Waals surface area (Å²) in [6.07, 6.45) is 0. The van der Waals surface area contributed by atoms with E-state index in [1.54, 1.807) is 5.55 Å². The van der Waals surface area contributed by atoms with Crippen LogP contribution in [0.1, 0.15) is 0 Å². The van der Waals surface area contributed by atoms with Crippen LogP contribution in [0.25, 0.3) is 0 Å². The summed E-state index contributed by atoms with van der Waals surface area (Å²) < 4.78 is 0. The molecule has 62 valence electrons. The number of fused-ring (bicyclic) bond motifs is 1. The molecule has 2 nitrogen and oxygen atoms in total. The first-order chi connectivity index (χ1) is 5.76. The molecule has 0 aromatic heterocycles. The summed E-state index contributed by atoms with van der Waals surface area (Å²) in [4.78, 5) is 15.9. The molecule has 1 aliphatic rings. The Kier molecular flexibility index (Phi) is 1.81. The minimum atomic E-state index is -1.56. The number of halogens is 1. The highest BCUT2D eigenvalue weighted by Crippen LogP contribution is 2.64. The molecule has 1 aliphatic heterocycles. The SMILES string of the molecule is O=CS1(Br)C=Nc2ccccc21. The fourth-order valence-corrected chi connectivity index (χ4v) is 3.43. The Bertz CT molecular complexity index is 366. The number of carbonyl (C=O) groups excluding carboxylic acids is 1. The summed E-state index contributed by atoms with van der Waals surface area (Å²) in [5.41, 5.74) is 3.53. The number of aliphatic imine (C=N–C) groups is 1. The number of rotatable bonds is 1. The Morgan fingerprint density at radius 1 is 1.42 bits per heavy atom. The monoisotopic (exact) mass is 243 g/mol. The number of nitrogens with zero attached hydrogens (tertiary/aromatic N) is 1. The third kappa shape index (κ3) is 1.03. The zero-order chi connectivity index (χ0) is 8.60. The first kappa shape index (κ1) is 8.01. The van der Waals surface area contributed by atoms with E-state index < -0.39 is 8.46 Å². The van der Waals surface area contributed by atoms with Crippen molar-refractivity contribution in [2.24, 2.45) is 4.99 Å². The van der Waals surface area contributed by atoms with Crippen molar-refractivity contribution in [3.8, 4) is 0 Å². The molecule has 0 aliphatic carbocycles. The predicted octanol–water partition coefficient (Wildman–Crippen LogP) is 3.02. The smallest absolute Gasteiger partial charge is 0.177 e. The molecule has 1 aromatic carbocycles. The molecular weight excluding hydrogens is 238 g/mol. The fourth-order valence-electron chi connectivity index (χ4n) is 1.10. The van der Waals surface area contributed by atoms with Crippen molar-refractivity contribution in [2.75, 3.05) is 0 Å². The highest BCUT2D eigenvalue weighted by molar-refractivity contribution is 9.62. The molecule has 1 heterocycles. The summed E-state index contributed by atoms with van der Waals surface area (Å²) in [6, 6.07) is 7.67. The van der Waals surface area contributed by atoms with Gasteiger partial charge < -0.3 is 0 Å². The summed E-state index contributed by atoms with van der Waals surface area (Å²) >= 11 is 3.41. The third-order valence-corrected chi connectivity index (χ3v) is 5.40. The van der Waals surface area contributed by atoms with Gasteiger partial charge >= 0.3 is 0 Å². The molecule has 0 amide bonds. The van der Waals surface area contributed by atoms with Gasteiger partial charge in [-0.25, -0.2) is 4.99 Å². The Hall–Kier alpha value is -0.610. The Morgan fingerprint density at radius 2 is 2.17 bits per heavy atom. The number of carbonyl (C=O) groups is 1. The van der Waals surface area contributed by atoms with Crippen LogP contribution in [0.15, 0.2) is 34.2 Å². The van der Waals surface area contributed by atoms with E-state index in [0.29, 0.717) is 0 Å². The molecule has 1 atom stereocenters. The van der Waals surface area contributed by atoms with Crippen molar-refractivity contribution >= 4 is 40.1 Å². The molecule has 1 unspecified atom stereocenters. The van der Waals surface area contributed by atoms with Crippen molar-refractivity contribution in [1.29, 1.82) is 0 Å². The predicted molar refractivity (Wildman–Crippen MR) is 56.1 cm³/mol. The quantitative estimate of drug-likeness (QED) is 0.698. The van der Waals surface area contributed by atoms with Gasteiger partial charge in [0.05, 0.1) is 11.2 Å². The maximum atomic E-state index is 10.8. The van der Waals surface area contributed by atoms with E-state index >= 15 is 0 Å². The number of benzene rings is 1. The summed E-state index contributed by atoms with van der Waals surface area (Å²) in [5, 5.41) is 0. The Balaban J connectivity index is 2.63. The van der Waals surface area contributed by atoms with Gasteiger partial charge in [-0.2, -0.15) is 0 Å². The molecule has 0 spiro atoms. The lowest BCUT2D eigenvalue weighted by Crippen LogP contribution is -1.88. The topological polar surface area (TPSA) is 29.4 Å². The molecule has 0 bridgehead atoms. The van der Waals surface area contributed by atoms with Crippen molar-refractivity contribution in [3.05, 3.63) is 24.3 Å². The average Bonchev–Trinajstić information content (AvgIpc) is 2.46. The van der Waals surface area contributed by atoms with E-state index in [-0.39, 0.29) is 0 Å². The van der Waals surface area contributed by atoms with Gasteiger partial charge in [0.1, 0.15) is 0 Å². The average molecular weight is 244 g/mol. The van der Waals surface area contributed by atoms with Gasteiger partial charge in [-0.3, -0.25) is 4.79 Å². The van der Waals surface area contributed by atoms with Crippen LogP contribution < -0.4 is 0 Å². The molecule has 12 heavy (non-hydrogen) atoms. The number of hydrogen-bond acceptors (Lipinski definition) is 2. The highest BCUT2D eigenvalue weighted by atomic mass is 79.9. The van der Waals surface area contributed by atoms with Crippen molar-refractivity contribution in [3.63, 3.8) is 0 Å². The molecule has 0 radical (unpaired) electrons. The minimum absolute atomic E-state index is 0.900. The van der Waals surface area contributed by atoms with Gasteiger partial charge in [-0.1, -0.05) is 20.6 Å². The van der Waals surface area contributed by atoms with E-state index in [1.807, 2.05) is 24.3 Å². The molecular formula is C8H6BrNOS. The van der Waals surface area contributed by atoms with E-state index in [2.05, 4.69) is 19.8 Å². The third-order valence-electron chi connectivity index (χ3n) is 1.69. The molecule has 2 rings (SSSR count). The lowest BCUT2D eigenvalue weighted by molar-refractivity contribution is 0.569. The van der Waals surface area contributed by atoms with Gasteiger partial charge in [-0.05, 0) is 26.9 Å². The van der Waals surface area contributed by atoms with Crippen LogP contribution in [0.2, 0.25) is 0 Å². The van der Waals surface area contributed by atoms with Crippen LogP contribution in [0.3, 0.4) is 0 Å². The van der Waals surface area contributed by atoms with Crippen molar-refractivity contribution in [2.45, 2.75) is 4.90 Å². The molecule has 0 N–H and O–H groups in total. The first-order valence-corrected chi connectivity index (χ1v) is 6.98. The second-order valence-corrected chi connectivity index (χ2v) is 7.74. The van der Waals surface area contributed by atoms with Crippen LogP contribution in [0.5, 0.6) is 0 Å². The molecule has 0 saturated heterocycles. The fraction of sp³-hybridized carbons (Fsp3) is 0. The molecule has 0 fully saturated rings. The zero-order valence-electron chi connectivity index (χ0n) is 6.11. The standard InChI is InChI=1S/C8H6BrNOS/c9-12(6-11)5-10-7-3-1-2-4-8(7)12/h1-6H. The van der Waals surface area contributed by atoms with Gasteiger partial charge in [0.15, 0.2) is 5.62 Å². The van der Waals surface area contributed by atoms with E-state index in [9.17, 15) is 4.79 Å². The normalized spacial score (nSPS) is 30.8. The summed E-state index contributed by atoms with van der Waals surface area (Å²) in [6.45, 7) is 0. The van der Waals surface area contributed by atoms with Crippen LogP contribution in [-0.4, -0.2) is 11.2 Å². The lowest BCUT2D eigenvalue weighted by Gasteiger charge is -2.16. The van der Waals surface area contributed by atoms with Gasteiger partial charge in [0.25, 0.3) is 0 Å². The highest BCUT2D eigenvalue weighted by Gasteiger charge is 2.27. The summed E-state index contributed by atoms with van der Waals surface area (Å²) in [5.74, 6) is 0. The molecule has 0 saturated carbocycles.